The summed E-state index contributed by atoms with van der Waals surface area (Å²) in [6, 6.07) is 16.0. The Morgan fingerprint density at radius 1 is 0.722 bits per heavy atom. The van der Waals surface area contributed by atoms with Crippen LogP contribution in [0.1, 0.15) is 125 Å². The first kappa shape index (κ1) is 27.3. The number of ether oxygens (including phenoxy) is 1. The average molecular weight is 497 g/mol. The highest BCUT2D eigenvalue weighted by Crippen LogP contribution is 2.38. The molecule has 4 rings (SSSR count). The van der Waals surface area contributed by atoms with Crippen molar-refractivity contribution in [2.75, 3.05) is 0 Å². The highest BCUT2D eigenvalue weighted by atomic mass is 19.3. The Bertz CT molecular complexity index is 888. The molecule has 2 fully saturated rings. The summed E-state index contributed by atoms with van der Waals surface area (Å²) in [5, 5.41) is 0. The fraction of sp³-hybridized carbons (Fsp3) is 0.636. The summed E-state index contributed by atoms with van der Waals surface area (Å²) in [5.41, 5.74) is 4.09. The van der Waals surface area contributed by atoms with Gasteiger partial charge in [0, 0.05) is 0 Å². The molecule has 2 saturated carbocycles. The van der Waals surface area contributed by atoms with Gasteiger partial charge in [0.25, 0.3) is 0 Å². The van der Waals surface area contributed by atoms with Gasteiger partial charge in [0.1, 0.15) is 0 Å². The van der Waals surface area contributed by atoms with E-state index in [1.54, 1.807) is 0 Å². The number of hydrogen-bond acceptors (Lipinski definition) is 1. The molecule has 1 nitrogen and oxygen atoms in total. The molecule has 0 aliphatic heterocycles. The topological polar surface area (TPSA) is 9.23 Å². The van der Waals surface area contributed by atoms with Gasteiger partial charge in [-0.2, -0.15) is 8.78 Å². The van der Waals surface area contributed by atoms with Crippen molar-refractivity contribution in [1.29, 1.82) is 0 Å². The minimum absolute atomic E-state index is 0.0597. The van der Waals surface area contributed by atoms with Crippen LogP contribution in [-0.2, 0) is 17.8 Å². The van der Waals surface area contributed by atoms with Gasteiger partial charge in [-0.05, 0) is 84.5 Å². The van der Waals surface area contributed by atoms with Gasteiger partial charge in [-0.15, -0.1) is 0 Å². The Morgan fingerprint density at radius 2 is 1.25 bits per heavy atom. The summed E-state index contributed by atoms with van der Waals surface area (Å²) in [6.45, 7) is 4.52. The molecular weight excluding hydrogens is 450 g/mol. The maximum atomic E-state index is 14.6. The van der Waals surface area contributed by atoms with Gasteiger partial charge in [-0.25, -0.2) is 0 Å². The minimum Gasteiger partial charge on any atom is -0.315 e. The van der Waals surface area contributed by atoms with Crippen LogP contribution in [0.3, 0.4) is 0 Å². The molecule has 0 heterocycles. The van der Waals surface area contributed by atoms with E-state index in [1.807, 2.05) is 36.4 Å². The van der Waals surface area contributed by atoms with Crippen LogP contribution in [0.5, 0.6) is 0 Å². The molecule has 0 saturated heterocycles. The number of benzene rings is 2. The standard InChI is InChI=1S/C33H46F2O/c1-3-4-5-6-26-9-17-30(18-10-26)32-21-13-28(14-22-32)24-36-33(34,35)23-27-11-19-31(20-12-27)29-15-7-25(2)8-16-29/h11-14,19-22,25-26,29-30H,3-10,15-18,23-24H2,1-2H3. The molecule has 2 aliphatic rings. The largest absolute Gasteiger partial charge is 0.360 e. The second kappa shape index (κ2) is 13.2. The van der Waals surface area contributed by atoms with Crippen molar-refractivity contribution >= 4 is 0 Å². The van der Waals surface area contributed by atoms with Crippen molar-refractivity contribution < 1.29 is 13.5 Å². The average Bonchev–Trinajstić information content (AvgIpc) is 2.89. The maximum Gasteiger partial charge on any atom is 0.360 e. The lowest BCUT2D eigenvalue weighted by Gasteiger charge is -2.29. The smallest absolute Gasteiger partial charge is 0.315 e. The molecular formula is C33H46F2O. The van der Waals surface area contributed by atoms with Gasteiger partial charge in [-0.1, -0.05) is 101 Å². The third-order valence-corrected chi connectivity index (χ3v) is 8.84. The monoisotopic (exact) mass is 496 g/mol. The van der Waals surface area contributed by atoms with E-state index in [9.17, 15) is 8.78 Å². The first-order valence-electron chi connectivity index (χ1n) is 14.6. The van der Waals surface area contributed by atoms with Gasteiger partial charge < -0.3 is 4.74 Å². The minimum atomic E-state index is -3.17. The molecule has 0 aromatic heterocycles. The van der Waals surface area contributed by atoms with E-state index in [-0.39, 0.29) is 13.0 Å². The summed E-state index contributed by atoms with van der Waals surface area (Å²) in [7, 11) is 0. The van der Waals surface area contributed by atoms with Gasteiger partial charge in [0.15, 0.2) is 0 Å². The lowest BCUT2D eigenvalue weighted by Crippen LogP contribution is -2.23. The van der Waals surface area contributed by atoms with E-state index in [1.165, 1.54) is 88.2 Å². The van der Waals surface area contributed by atoms with E-state index < -0.39 is 6.11 Å². The molecule has 2 aromatic carbocycles. The predicted molar refractivity (Wildman–Crippen MR) is 146 cm³/mol. The van der Waals surface area contributed by atoms with Crippen molar-refractivity contribution in [3.05, 3.63) is 70.8 Å². The molecule has 0 spiro atoms. The Kier molecular flexibility index (Phi) is 9.99. The molecule has 2 aliphatic carbocycles. The van der Waals surface area contributed by atoms with Crippen LogP contribution in [0.15, 0.2) is 48.5 Å². The van der Waals surface area contributed by atoms with E-state index in [2.05, 4.69) is 26.0 Å². The van der Waals surface area contributed by atoms with Crippen LogP contribution < -0.4 is 0 Å². The highest BCUT2D eigenvalue weighted by Gasteiger charge is 2.31. The van der Waals surface area contributed by atoms with Crippen LogP contribution >= 0.6 is 0 Å². The molecule has 0 amide bonds. The third-order valence-electron chi connectivity index (χ3n) is 8.84. The maximum absolute atomic E-state index is 14.6. The molecule has 0 atom stereocenters. The molecule has 2 aromatic rings. The Balaban J connectivity index is 1.21. The van der Waals surface area contributed by atoms with E-state index in [0.29, 0.717) is 17.4 Å². The number of alkyl halides is 2. The normalized spacial score (nSPS) is 25.1. The number of unbranched alkanes of at least 4 members (excludes halogenated alkanes) is 2. The second-order valence-electron chi connectivity index (χ2n) is 11.8. The van der Waals surface area contributed by atoms with Crippen molar-refractivity contribution in [1.82, 2.24) is 0 Å². The zero-order valence-electron chi connectivity index (χ0n) is 22.5. The van der Waals surface area contributed by atoms with Crippen molar-refractivity contribution in [2.45, 2.75) is 122 Å². The lowest BCUT2D eigenvalue weighted by atomic mass is 9.77. The lowest BCUT2D eigenvalue weighted by molar-refractivity contribution is -0.244. The van der Waals surface area contributed by atoms with Crippen LogP contribution in [0.25, 0.3) is 0 Å². The van der Waals surface area contributed by atoms with Gasteiger partial charge in [0.2, 0.25) is 0 Å². The predicted octanol–water partition coefficient (Wildman–Crippen LogP) is 10.2. The first-order valence-corrected chi connectivity index (χ1v) is 14.6. The SMILES string of the molecule is CCCCCC1CCC(c2ccc(COC(F)(F)Cc3ccc(C4CCC(C)CC4)cc3)cc2)CC1. The quantitative estimate of drug-likeness (QED) is 0.281. The zero-order chi connectivity index (χ0) is 25.4. The van der Waals surface area contributed by atoms with E-state index in [0.717, 1.165) is 17.4 Å². The molecule has 198 valence electrons. The molecule has 0 N–H and O–H groups in total. The van der Waals surface area contributed by atoms with Crippen molar-refractivity contribution in [3.63, 3.8) is 0 Å². The van der Waals surface area contributed by atoms with Crippen LogP contribution in [0, 0.1) is 11.8 Å². The fourth-order valence-electron chi connectivity index (χ4n) is 6.33. The molecule has 0 bridgehead atoms. The molecule has 36 heavy (non-hydrogen) atoms. The van der Waals surface area contributed by atoms with Gasteiger partial charge >= 0.3 is 6.11 Å². The summed E-state index contributed by atoms with van der Waals surface area (Å²) in [4.78, 5) is 0. The fourth-order valence-corrected chi connectivity index (χ4v) is 6.33. The zero-order valence-corrected chi connectivity index (χ0v) is 22.5. The second-order valence-corrected chi connectivity index (χ2v) is 11.8. The van der Waals surface area contributed by atoms with Crippen LogP contribution in [-0.4, -0.2) is 6.11 Å². The van der Waals surface area contributed by atoms with Crippen LogP contribution in [0.4, 0.5) is 8.78 Å². The Labute approximate surface area is 218 Å². The summed E-state index contributed by atoms with van der Waals surface area (Å²) < 4.78 is 34.3. The number of rotatable bonds is 11. The Hall–Kier alpha value is -1.74. The number of hydrogen-bond donors (Lipinski definition) is 0. The van der Waals surface area contributed by atoms with Crippen LogP contribution in [0.2, 0.25) is 0 Å². The third kappa shape index (κ3) is 8.13. The molecule has 3 heteroatoms. The molecule has 0 radical (unpaired) electrons. The summed E-state index contributed by atoms with van der Waals surface area (Å²) >= 11 is 0. The van der Waals surface area contributed by atoms with Crippen molar-refractivity contribution in [3.8, 4) is 0 Å². The summed E-state index contributed by atoms with van der Waals surface area (Å²) in [5.74, 6) is 2.90. The van der Waals surface area contributed by atoms with E-state index in [4.69, 9.17) is 4.74 Å². The van der Waals surface area contributed by atoms with E-state index >= 15 is 0 Å². The van der Waals surface area contributed by atoms with Gasteiger partial charge in [0.05, 0.1) is 13.0 Å². The highest BCUT2D eigenvalue weighted by molar-refractivity contribution is 5.27. The Morgan fingerprint density at radius 3 is 1.81 bits per heavy atom. The van der Waals surface area contributed by atoms with Crippen molar-refractivity contribution in [2.24, 2.45) is 11.8 Å². The number of halogens is 2. The molecule has 0 unspecified atom stereocenters. The first-order chi connectivity index (χ1) is 17.4. The summed E-state index contributed by atoms with van der Waals surface area (Å²) in [6.07, 6.45) is 12.0. The van der Waals surface area contributed by atoms with Gasteiger partial charge in [-0.3, -0.25) is 0 Å².